The first-order valence-electron chi connectivity index (χ1n) is 10.8. The number of benzene rings is 3. The number of aliphatic imine (C=N–C) groups is 1. The number of amidine groups is 1. The number of pyridine rings is 1. The number of alkyl halides is 3. The van der Waals surface area contributed by atoms with Crippen LogP contribution in [0.2, 0.25) is 0 Å². The molecule has 1 atom stereocenters. The number of rotatable bonds is 4. The second kappa shape index (κ2) is 8.60. The zero-order valence-corrected chi connectivity index (χ0v) is 18.5. The van der Waals surface area contributed by atoms with E-state index in [0.717, 1.165) is 5.56 Å². The van der Waals surface area contributed by atoms with Crippen LogP contribution in [0.15, 0.2) is 96.1 Å². The summed E-state index contributed by atoms with van der Waals surface area (Å²) in [6.45, 7) is 0. The third-order valence-electron chi connectivity index (χ3n) is 5.95. The molecule has 0 bridgehead atoms. The number of carbonyl (C=O) groups excluding carboxylic acids is 1. The molecule has 2 heterocycles. The Kier molecular flexibility index (Phi) is 5.55. The van der Waals surface area contributed by atoms with Crippen molar-refractivity contribution in [3.8, 4) is 16.9 Å². The smallest absolute Gasteiger partial charge is 0.420 e. The first kappa shape index (κ1) is 23.2. The SMILES string of the molecule is NC1=NC(c2ccc(OC(=O)C(F)(F)F)cc2)(c2cccc(-c3cccnc3F)c2)c2ccccc21. The third-order valence-corrected chi connectivity index (χ3v) is 5.95. The van der Waals surface area contributed by atoms with E-state index in [1.165, 1.54) is 30.5 Å². The Labute approximate surface area is 202 Å². The van der Waals surface area contributed by atoms with E-state index < -0.39 is 23.6 Å². The molecular formula is C27H17F4N3O2. The zero-order valence-electron chi connectivity index (χ0n) is 18.5. The molecule has 1 aromatic heterocycles. The molecule has 0 amide bonds. The zero-order chi connectivity index (χ0) is 25.5. The van der Waals surface area contributed by atoms with Crippen molar-refractivity contribution in [1.29, 1.82) is 0 Å². The monoisotopic (exact) mass is 491 g/mol. The normalized spacial score (nSPS) is 16.8. The quantitative estimate of drug-likeness (QED) is 0.180. The average molecular weight is 491 g/mol. The van der Waals surface area contributed by atoms with Gasteiger partial charge in [-0.3, -0.25) is 0 Å². The largest absolute Gasteiger partial charge is 0.491 e. The summed E-state index contributed by atoms with van der Waals surface area (Å²) < 4.78 is 56.8. The van der Waals surface area contributed by atoms with Crippen molar-refractivity contribution in [3.05, 3.63) is 119 Å². The summed E-state index contributed by atoms with van der Waals surface area (Å²) in [7, 11) is 0. The second-order valence-corrected chi connectivity index (χ2v) is 8.09. The minimum Gasteiger partial charge on any atom is -0.420 e. The molecule has 2 N–H and O–H groups in total. The number of ether oxygens (including phenoxy) is 1. The highest BCUT2D eigenvalue weighted by molar-refractivity contribution is 6.03. The molecule has 0 radical (unpaired) electrons. The van der Waals surface area contributed by atoms with E-state index in [-0.39, 0.29) is 11.6 Å². The van der Waals surface area contributed by atoms with Gasteiger partial charge in [-0.1, -0.05) is 54.6 Å². The van der Waals surface area contributed by atoms with E-state index in [2.05, 4.69) is 9.72 Å². The molecule has 5 rings (SSSR count). The van der Waals surface area contributed by atoms with Gasteiger partial charge in [-0.2, -0.15) is 17.6 Å². The highest BCUT2D eigenvalue weighted by atomic mass is 19.4. The van der Waals surface area contributed by atoms with Gasteiger partial charge in [0.05, 0.1) is 0 Å². The first-order chi connectivity index (χ1) is 17.2. The van der Waals surface area contributed by atoms with Crippen LogP contribution in [-0.4, -0.2) is 23.0 Å². The summed E-state index contributed by atoms with van der Waals surface area (Å²) in [4.78, 5) is 19.8. The molecule has 0 saturated carbocycles. The molecule has 0 spiro atoms. The minimum absolute atomic E-state index is 0.273. The highest BCUT2D eigenvalue weighted by Gasteiger charge is 2.44. The highest BCUT2D eigenvalue weighted by Crippen LogP contribution is 2.47. The number of fused-ring (bicyclic) bond motifs is 1. The lowest BCUT2D eigenvalue weighted by atomic mass is 9.77. The maximum Gasteiger partial charge on any atom is 0.491 e. The van der Waals surface area contributed by atoms with Crippen LogP contribution < -0.4 is 10.5 Å². The van der Waals surface area contributed by atoms with Crippen LogP contribution in [0.3, 0.4) is 0 Å². The van der Waals surface area contributed by atoms with Crippen molar-refractivity contribution in [2.24, 2.45) is 10.7 Å². The number of carbonyl (C=O) groups is 1. The molecule has 180 valence electrons. The van der Waals surface area contributed by atoms with Crippen LogP contribution in [0.4, 0.5) is 17.6 Å². The average Bonchev–Trinajstić information content (AvgIpc) is 3.18. The van der Waals surface area contributed by atoms with Crippen LogP contribution in [0, 0.1) is 5.95 Å². The Morgan fingerprint density at radius 1 is 0.861 bits per heavy atom. The van der Waals surface area contributed by atoms with E-state index in [1.54, 1.807) is 30.3 Å². The maximum absolute atomic E-state index is 14.5. The lowest BCUT2D eigenvalue weighted by Gasteiger charge is -2.29. The Hall–Kier alpha value is -4.53. The third kappa shape index (κ3) is 3.88. The summed E-state index contributed by atoms with van der Waals surface area (Å²) in [6.07, 6.45) is -3.76. The summed E-state index contributed by atoms with van der Waals surface area (Å²) in [6, 6.07) is 23.2. The fourth-order valence-electron chi connectivity index (χ4n) is 4.37. The molecular weight excluding hydrogens is 474 g/mol. The van der Waals surface area contributed by atoms with E-state index in [0.29, 0.717) is 27.8 Å². The maximum atomic E-state index is 14.5. The molecule has 5 nitrogen and oxygen atoms in total. The predicted molar refractivity (Wildman–Crippen MR) is 125 cm³/mol. The van der Waals surface area contributed by atoms with E-state index in [1.807, 2.05) is 30.3 Å². The lowest BCUT2D eigenvalue weighted by molar-refractivity contribution is -0.189. The first-order valence-corrected chi connectivity index (χ1v) is 10.8. The van der Waals surface area contributed by atoms with Crippen molar-refractivity contribution in [2.75, 3.05) is 0 Å². The van der Waals surface area contributed by atoms with Gasteiger partial charge in [0, 0.05) is 17.3 Å². The molecule has 0 fully saturated rings. The van der Waals surface area contributed by atoms with Gasteiger partial charge in [-0.15, -0.1) is 0 Å². The van der Waals surface area contributed by atoms with Gasteiger partial charge in [-0.05, 0) is 52.6 Å². The van der Waals surface area contributed by atoms with E-state index in [4.69, 9.17) is 10.7 Å². The van der Waals surface area contributed by atoms with Gasteiger partial charge in [0.1, 0.15) is 17.1 Å². The Morgan fingerprint density at radius 2 is 1.58 bits per heavy atom. The Bertz CT molecular complexity index is 1500. The number of hydrogen-bond donors (Lipinski definition) is 1. The van der Waals surface area contributed by atoms with Gasteiger partial charge in [0.25, 0.3) is 0 Å². The number of halogens is 4. The molecule has 9 heteroatoms. The fraction of sp³-hybridized carbons (Fsp3) is 0.0741. The molecule has 3 aromatic carbocycles. The van der Waals surface area contributed by atoms with Crippen molar-refractivity contribution in [1.82, 2.24) is 4.98 Å². The van der Waals surface area contributed by atoms with Gasteiger partial charge in [0.15, 0.2) is 0 Å². The van der Waals surface area contributed by atoms with Crippen molar-refractivity contribution in [3.63, 3.8) is 0 Å². The van der Waals surface area contributed by atoms with Gasteiger partial charge in [0.2, 0.25) is 5.95 Å². The van der Waals surface area contributed by atoms with Crippen LogP contribution in [0.1, 0.15) is 22.3 Å². The van der Waals surface area contributed by atoms with Gasteiger partial charge in [-0.25, -0.2) is 14.8 Å². The fourth-order valence-corrected chi connectivity index (χ4v) is 4.37. The summed E-state index contributed by atoms with van der Waals surface area (Å²) in [5, 5.41) is 0. The van der Waals surface area contributed by atoms with Crippen molar-refractivity contribution < 1.29 is 27.1 Å². The van der Waals surface area contributed by atoms with E-state index in [9.17, 15) is 22.4 Å². The number of nitrogens with zero attached hydrogens (tertiary/aromatic N) is 2. The molecule has 4 aromatic rings. The lowest BCUT2D eigenvalue weighted by Crippen LogP contribution is -2.28. The number of nitrogens with two attached hydrogens (primary N) is 1. The molecule has 0 saturated heterocycles. The van der Waals surface area contributed by atoms with Crippen molar-refractivity contribution in [2.45, 2.75) is 11.7 Å². The summed E-state index contributed by atoms with van der Waals surface area (Å²) in [5.41, 5.74) is 8.63. The van der Waals surface area contributed by atoms with Gasteiger partial charge >= 0.3 is 12.1 Å². The standard InChI is InChI=1S/C27H17F4N3O2/c28-23-20(8-4-14-33-23)16-5-3-6-18(15-16)26(22-9-2-1-7-21(22)24(32)34-26)17-10-12-19(13-11-17)36-25(35)27(29,30)31/h1-15H,(H2,32,34). The molecule has 36 heavy (non-hydrogen) atoms. The van der Waals surface area contributed by atoms with E-state index >= 15 is 0 Å². The molecule has 1 aliphatic rings. The van der Waals surface area contributed by atoms with Crippen LogP contribution in [-0.2, 0) is 10.3 Å². The number of hydrogen-bond acceptors (Lipinski definition) is 5. The van der Waals surface area contributed by atoms with Crippen molar-refractivity contribution >= 4 is 11.8 Å². The summed E-state index contributed by atoms with van der Waals surface area (Å²) in [5.74, 6) is -2.94. The Morgan fingerprint density at radius 3 is 2.31 bits per heavy atom. The second-order valence-electron chi connectivity index (χ2n) is 8.09. The molecule has 0 aliphatic carbocycles. The van der Waals surface area contributed by atoms with Crippen LogP contribution >= 0.6 is 0 Å². The van der Waals surface area contributed by atoms with Crippen LogP contribution in [0.25, 0.3) is 11.1 Å². The predicted octanol–water partition coefficient (Wildman–Crippen LogP) is 5.37. The number of aromatic nitrogens is 1. The summed E-state index contributed by atoms with van der Waals surface area (Å²) >= 11 is 0. The minimum atomic E-state index is -5.12. The molecule has 1 aliphatic heterocycles. The Balaban J connectivity index is 1.66. The number of esters is 1. The van der Waals surface area contributed by atoms with Gasteiger partial charge < -0.3 is 10.5 Å². The van der Waals surface area contributed by atoms with Crippen LogP contribution in [0.5, 0.6) is 5.75 Å². The topological polar surface area (TPSA) is 77.6 Å². The molecule has 1 unspecified atom stereocenters.